The molecule has 0 heterocycles. The summed E-state index contributed by atoms with van der Waals surface area (Å²) in [5, 5.41) is 8.61. The van der Waals surface area contributed by atoms with E-state index >= 15 is 0 Å². The quantitative estimate of drug-likeness (QED) is 0.745. The minimum absolute atomic E-state index is 0.683. The van der Waals surface area contributed by atoms with Crippen LogP contribution < -0.4 is 0 Å². The highest BCUT2D eigenvalue weighted by molar-refractivity contribution is 5.73. The summed E-state index contributed by atoms with van der Waals surface area (Å²) in [6.07, 6.45) is -1.51. The first kappa shape index (κ1) is 12.3. The maximum Gasteiger partial charge on any atom is 0.333 e. The Morgan fingerprint density at radius 3 is 1.85 bits per heavy atom. The zero-order chi connectivity index (χ0) is 10.9. The number of hydrogen-bond acceptors (Lipinski definition) is 2. The molecule has 0 aliphatic carbocycles. The Labute approximate surface area is 75.7 Å². The highest BCUT2D eigenvalue weighted by Gasteiger charge is 2.51. The van der Waals surface area contributed by atoms with Gasteiger partial charge in [0, 0.05) is 7.11 Å². The molecule has 0 saturated carbocycles. The molecule has 0 rings (SSSR count). The summed E-state index contributed by atoms with van der Waals surface area (Å²) in [6.45, 7) is 3.01. The molecule has 1 unspecified atom stereocenters. The van der Waals surface area contributed by atoms with Crippen LogP contribution in [0, 0.1) is 5.41 Å². The van der Waals surface area contributed by atoms with Gasteiger partial charge in [-0.05, 0) is 6.92 Å². The second-order valence-corrected chi connectivity index (χ2v) is 3.56. The van der Waals surface area contributed by atoms with Gasteiger partial charge in [0.15, 0.2) is 6.10 Å². The van der Waals surface area contributed by atoms with Gasteiger partial charge in [0.2, 0.25) is 0 Å². The van der Waals surface area contributed by atoms with Crippen molar-refractivity contribution in [3.05, 3.63) is 0 Å². The summed E-state index contributed by atoms with van der Waals surface area (Å²) < 4.78 is 30.4. The Hall–Kier alpha value is -0.710. The first-order chi connectivity index (χ1) is 5.64. The fraction of sp³-hybridized carbons (Fsp3) is 0.875. The largest absolute Gasteiger partial charge is 0.479 e. The van der Waals surface area contributed by atoms with Crippen LogP contribution in [0.1, 0.15) is 20.8 Å². The Bertz CT molecular complexity index is 196. The number of carboxylic acid groups (broad SMARTS) is 1. The third-order valence-corrected chi connectivity index (χ3v) is 2.25. The molecule has 78 valence electrons. The van der Waals surface area contributed by atoms with Crippen molar-refractivity contribution < 1.29 is 23.4 Å². The minimum Gasteiger partial charge on any atom is -0.479 e. The second-order valence-electron chi connectivity index (χ2n) is 3.56. The summed E-state index contributed by atoms with van der Waals surface area (Å²) in [6, 6.07) is 0. The average Bonchev–Trinajstić information content (AvgIpc) is 1.83. The Kier molecular flexibility index (Phi) is 3.38. The average molecular weight is 196 g/mol. The molecule has 0 aromatic carbocycles. The normalized spacial score (nSPS) is 15.5. The molecule has 3 nitrogen and oxygen atoms in total. The number of hydrogen-bond donors (Lipinski definition) is 1. The zero-order valence-electron chi connectivity index (χ0n) is 8.10. The van der Waals surface area contributed by atoms with Gasteiger partial charge in [0.05, 0.1) is 5.41 Å². The van der Waals surface area contributed by atoms with E-state index in [1.165, 1.54) is 0 Å². The second kappa shape index (κ2) is 3.57. The molecule has 1 atom stereocenters. The van der Waals surface area contributed by atoms with Crippen molar-refractivity contribution in [2.75, 3.05) is 7.11 Å². The van der Waals surface area contributed by atoms with E-state index in [1.807, 2.05) is 0 Å². The minimum atomic E-state index is -3.11. The van der Waals surface area contributed by atoms with E-state index in [9.17, 15) is 13.6 Å². The summed E-state index contributed by atoms with van der Waals surface area (Å²) >= 11 is 0. The lowest BCUT2D eigenvalue weighted by Gasteiger charge is -2.35. The number of alkyl halides is 2. The van der Waals surface area contributed by atoms with E-state index in [1.54, 1.807) is 0 Å². The number of rotatable bonds is 4. The van der Waals surface area contributed by atoms with Crippen molar-refractivity contribution in [3.8, 4) is 0 Å². The molecule has 13 heavy (non-hydrogen) atoms. The predicted molar refractivity (Wildman–Crippen MR) is 42.8 cm³/mol. The van der Waals surface area contributed by atoms with Gasteiger partial charge in [0.25, 0.3) is 5.92 Å². The van der Waals surface area contributed by atoms with E-state index < -0.39 is 23.4 Å². The van der Waals surface area contributed by atoms with Crippen molar-refractivity contribution in [2.45, 2.75) is 32.8 Å². The summed E-state index contributed by atoms with van der Waals surface area (Å²) in [7, 11) is 1.10. The van der Waals surface area contributed by atoms with Crippen LogP contribution in [0.2, 0.25) is 0 Å². The van der Waals surface area contributed by atoms with E-state index in [0.717, 1.165) is 21.0 Å². The summed E-state index contributed by atoms with van der Waals surface area (Å²) in [5.74, 6) is -4.49. The first-order valence-corrected chi connectivity index (χ1v) is 3.78. The van der Waals surface area contributed by atoms with Crippen molar-refractivity contribution in [3.63, 3.8) is 0 Å². The fourth-order valence-corrected chi connectivity index (χ4v) is 0.934. The van der Waals surface area contributed by atoms with Gasteiger partial charge in [-0.25, -0.2) is 13.6 Å². The number of carboxylic acids is 1. The van der Waals surface area contributed by atoms with Crippen LogP contribution >= 0.6 is 0 Å². The molecule has 1 N–H and O–H groups in total. The molecule has 0 spiro atoms. The zero-order valence-corrected chi connectivity index (χ0v) is 8.10. The van der Waals surface area contributed by atoms with Gasteiger partial charge in [-0.3, -0.25) is 0 Å². The lowest BCUT2D eigenvalue weighted by molar-refractivity contribution is -0.183. The molecule has 0 amide bonds. The van der Waals surface area contributed by atoms with Gasteiger partial charge in [0.1, 0.15) is 0 Å². The third kappa shape index (κ3) is 2.37. The van der Waals surface area contributed by atoms with Crippen molar-refractivity contribution in [1.82, 2.24) is 0 Å². The smallest absolute Gasteiger partial charge is 0.333 e. The van der Waals surface area contributed by atoms with Crippen LogP contribution in [0.5, 0.6) is 0 Å². The van der Waals surface area contributed by atoms with Crippen molar-refractivity contribution in [2.24, 2.45) is 5.41 Å². The Morgan fingerprint density at radius 2 is 1.77 bits per heavy atom. The molecule has 0 aliphatic heterocycles. The van der Waals surface area contributed by atoms with Crippen molar-refractivity contribution in [1.29, 1.82) is 0 Å². The monoisotopic (exact) mass is 196 g/mol. The maximum atomic E-state index is 13.0. The molecule has 0 aliphatic rings. The van der Waals surface area contributed by atoms with Crippen LogP contribution in [-0.4, -0.2) is 30.2 Å². The summed E-state index contributed by atoms with van der Waals surface area (Å²) in [4.78, 5) is 10.6. The number of methoxy groups -OCH3 is 1. The maximum absolute atomic E-state index is 13.0. The van der Waals surface area contributed by atoms with E-state index in [0.29, 0.717) is 6.92 Å². The van der Waals surface area contributed by atoms with Crippen LogP contribution in [-0.2, 0) is 9.53 Å². The molecule has 0 fully saturated rings. The number of halogens is 2. The molecule has 0 bridgehead atoms. The van der Waals surface area contributed by atoms with Gasteiger partial charge in [-0.15, -0.1) is 0 Å². The Morgan fingerprint density at radius 1 is 1.38 bits per heavy atom. The fourth-order valence-electron chi connectivity index (χ4n) is 0.934. The van der Waals surface area contributed by atoms with Gasteiger partial charge >= 0.3 is 5.97 Å². The standard InChI is InChI=1S/C8H14F2O3/c1-7(2,8(3,9)10)5(13-4)6(11)12/h5H,1-4H3,(H,11,12). The van der Waals surface area contributed by atoms with Crippen molar-refractivity contribution >= 4 is 5.97 Å². The molecule has 5 heteroatoms. The highest BCUT2D eigenvalue weighted by atomic mass is 19.3. The van der Waals surface area contributed by atoms with Crippen LogP contribution in [0.3, 0.4) is 0 Å². The van der Waals surface area contributed by atoms with Crippen LogP contribution in [0.15, 0.2) is 0 Å². The molecule has 0 aromatic heterocycles. The Balaban J connectivity index is 4.89. The van der Waals surface area contributed by atoms with Gasteiger partial charge < -0.3 is 9.84 Å². The topological polar surface area (TPSA) is 46.5 Å². The van der Waals surface area contributed by atoms with E-state index in [4.69, 9.17) is 5.11 Å². The predicted octanol–water partition coefficient (Wildman–Crippen LogP) is 1.77. The SMILES string of the molecule is COC(C(=O)O)C(C)(C)C(C)(F)F. The molecule has 0 radical (unpaired) electrons. The first-order valence-electron chi connectivity index (χ1n) is 3.78. The van der Waals surface area contributed by atoms with E-state index in [-0.39, 0.29) is 0 Å². The van der Waals surface area contributed by atoms with E-state index in [2.05, 4.69) is 4.74 Å². The molecular formula is C8H14F2O3. The van der Waals surface area contributed by atoms with Gasteiger partial charge in [-0.2, -0.15) is 0 Å². The highest BCUT2D eigenvalue weighted by Crippen LogP contribution is 2.39. The van der Waals surface area contributed by atoms with Crippen LogP contribution in [0.4, 0.5) is 8.78 Å². The van der Waals surface area contributed by atoms with Gasteiger partial charge in [-0.1, -0.05) is 13.8 Å². The summed E-state index contributed by atoms with van der Waals surface area (Å²) in [5.41, 5.74) is -1.73. The lowest BCUT2D eigenvalue weighted by atomic mass is 9.80. The lowest BCUT2D eigenvalue weighted by Crippen LogP contribution is -2.48. The number of carbonyl (C=O) groups is 1. The van der Waals surface area contributed by atoms with Crippen LogP contribution in [0.25, 0.3) is 0 Å². The molecule has 0 saturated heterocycles. The number of ether oxygens (including phenoxy) is 1. The number of aliphatic carboxylic acids is 1. The molecular weight excluding hydrogens is 182 g/mol. The third-order valence-electron chi connectivity index (χ3n) is 2.25. The molecule has 0 aromatic rings.